The van der Waals surface area contributed by atoms with Gasteiger partial charge in [0.1, 0.15) is 12.4 Å². The molecule has 0 radical (unpaired) electrons. The van der Waals surface area contributed by atoms with Crippen LogP contribution in [0.5, 0.6) is 11.5 Å². The molecule has 0 aliphatic heterocycles. The van der Waals surface area contributed by atoms with Crippen LogP contribution in [0.2, 0.25) is 0 Å². The van der Waals surface area contributed by atoms with Crippen molar-refractivity contribution in [1.29, 1.82) is 0 Å². The van der Waals surface area contributed by atoms with Crippen molar-refractivity contribution in [3.63, 3.8) is 0 Å². The molecule has 0 unspecified atom stereocenters. The molecule has 1 N–H and O–H groups in total. The molecular weight excluding hydrogens is 380 g/mol. The Balaban J connectivity index is 1.44. The van der Waals surface area contributed by atoms with Gasteiger partial charge < -0.3 is 13.9 Å². The molecule has 4 aromatic rings. The third-order valence-electron chi connectivity index (χ3n) is 4.48. The molecule has 6 heteroatoms. The number of hydrogen-bond acceptors (Lipinski definition) is 5. The molecule has 30 heavy (non-hydrogen) atoms. The molecule has 0 atom stereocenters. The van der Waals surface area contributed by atoms with Crippen LogP contribution in [0, 0.1) is 0 Å². The first kappa shape index (κ1) is 19.3. The highest BCUT2D eigenvalue weighted by molar-refractivity contribution is 5.97. The SMILES string of the molecule is COc1cccc2cc(C(=O)N/N=C\c3ccccc3OCc3ccccc3)oc12. The summed E-state index contributed by atoms with van der Waals surface area (Å²) in [5.74, 6) is 0.944. The summed E-state index contributed by atoms with van der Waals surface area (Å²) in [4.78, 5) is 12.4. The van der Waals surface area contributed by atoms with E-state index in [1.165, 1.54) is 0 Å². The highest BCUT2D eigenvalue weighted by atomic mass is 16.5. The summed E-state index contributed by atoms with van der Waals surface area (Å²) in [5, 5.41) is 4.83. The molecule has 0 aliphatic rings. The third-order valence-corrected chi connectivity index (χ3v) is 4.48. The molecule has 3 aromatic carbocycles. The Bertz CT molecular complexity index is 1180. The van der Waals surface area contributed by atoms with Crippen LogP contribution in [0.1, 0.15) is 21.7 Å². The van der Waals surface area contributed by atoms with Crippen LogP contribution in [-0.2, 0) is 6.61 Å². The number of para-hydroxylation sites is 2. The summed E-state index contributed by atoms with van der Waals surface area (Å²) < 4.78 is 16.8. The van der Waals surface area contributed by atoms with Crippen LogP contribution in [0.3, 0.4) is 0 Å². The molecule has 0 fully saturated rings. The van der Waals surface area contributed by atoms with E-state index in [1.54, 1.807) is 25.5 Å². The van der Waals surface area contributed by atoms with E-state index in [2.05, 4.69) is 10.5 Å². The van der Waals surface area contributed by atoms with Crippen molar-refractivity contribution in [2.75, 3.05) is 7.11 Å². The largest absolute Gasteiger partial charge is 0.493 e. The van der Waals surface area contributed by atoms with Crippen molar-refractivity contribution < 1.29 is 18.7 Å². The first-order chi connectivity index (χ1) is 14.7. The van der Waals surface area contributed by atoms with Crippen LogP contribution in [0.15, 0.2) is 88.4 Å². The number of ether oxygens (including phenoxy) is 2. The number of methoxy groups -OCH3 is 1. The normalized spacial score (nSPS) is 11.0. The molecule has 0 aliphatic carbocycles. The second-order valence-electron chi connectivity index (χ2n) is 6.50. The number of hydrazone groups is 1. The Kier molecular flexibility index (Phi) is 5.75. The van der Waals surface area contributed by atoms with Crippen LogP contribution in [0.4, 0.5) is 0 Å². The van der Waals surface area contributed by atoms with Crippen molar-refractivity contribution in [1.82, 2.24) is 5.43 Å². The van der Waals surface area contributed by atoms with Crippen molar-refractivity contribution in [3.05, 3.63) is 95.7 Å². The number of fused-ring (bicyclic) bond motifs is 1. The van der Waals surface area contributed by atoms with Crippen LogP contribution >= 0.6 is 0 Å². The van der Waals surface area contributed by atoms with Crippen molar-refractivity contribution in [2.24, 2.45) is 5.10 Å². The molecule has 1 aromatic heterocycles. The molecule has 0 bridgehead atoms. The van der Waals surface area contributed by atoms with Gasteiger partial charge in [-0.05, 0) is 29.8 Å². The van der Waals surface area contributed by atoms with E-state index >= 15 is 0 Å². The lowest BCUT2D eigenvalue weighted by Crippen LogP contribution is -2.16. The van der Waals surface area contributed by atoms with Crippen LogP contribution in [0.25, 0.3) is 11.0 Å². The van der Waals surface area contributed by atoms with Gasteiger partial charge in [0.25, 0.3) is 0 Å². The fourth-order valence-corrected chi connectivity index (χ4v) is 2.98. The van der Waals surface area contributed by atoms with Gasteiger partial charge in [0.2, 0.25) is 0 Å². The highest BCUT2D eigenvalue weighted by Crippen LogP contribution is 2.28. The van der Waals surface area contributed by atoms with Gasteiger partial charge in [0, 0.05) is 10.9 Å². The van der Waals surface area contributed by atoms with Crippen LogP contribution < -0.4 is 14.9 Å². The van der Waals surface area contributed by atoms with E-state index in [9.17, 15) is 4.79 Å². The average Bonchev–Trinajstić information content (AvgIpc) is 3.24. The molecule has 1 heterocycles. The number of hydrogen-bond donors (Lipinski definition) is 1. The second-order valence-corrected chi connectivity index (χ2v) is 6.50. The quantitative estimate of drug-likeness (QED) is 0.358. The van der Waals surface area contributed by atoms with Gasteiger partial charge in [-0.3, -0.25) is 4.79 Å². The van der Waals surface area contributed by atoms with Gasteiger partial charge in [-0.25, -0.2) is 5.43 Å². The van der Waals surface area contributed by atoms with Crippen LogP contribution in [-0.4, -0.2) is 19.2 Å². The average molecular weight is 400 g/mol. The number of rotatable bonds is 7. The zero-order valence-electron chi connectivity index (χ0n) is 16.4. The summed E-state index contributed by atoms with van der Waals surface area (Å²) in [6, 6.07) is 24.5. The molecule has 0 saturated carbocycles. The maximum absolute atomic E-state index is 12.4. The Hall–Kier alpha value is -4.06. The second kappa shape index (κ2) is 8.96. The van der Waals surface area contributed by atoms with E-state index in [4.69, 9.17) is 13.9 Å². The van der Waals surface area contributed by atoms with Crippen molar-refractivity contribution in [2.45, 2.75) is 6.61 Å². The number of furan rings is 1. The van der Waals surface area contributed by atoms with Gasteiger partial charge in [0.05, 0.1) is 13.3 Å². The molecule has 1 amide bonds. The van der Waals surface area contributed by atoms with Gasteiger partial charge in [-0.15, -0.1) is 0 Å². The lowest BCUT2D eigenvalue weighted by molar-refractivity contribution is 0.0929. The number of nitrogens with one attached hydrogen (secondary N) is 1. The zero-order chi connectivity index (χ0) is 20.8. The van der Waals surface area contributed by atoms with Crippen molar-refractivity contribution >= 4 is 23.1 Å². The van der Waals surface area contributed by atoms with Gasteiger partial charge in [-0.2, -0.15) is 5.10 Å². The molecule has 150 valence electrons. The monoisotopic (exact) mass is 400 g/mol. The standard InChI is InChI=1S/C24H20N2O4/c1-28-21-13-7-11-18-14-22(30-23(18)21)24(27)26-25-15-19-10-5-6-12-20(19)29-16-17-8-3-2-4-9-17/h2-15H,16H2,1H3,(H,26,27)/b25-15-. The molecule has 0 saturated heterocycles. The maximum Gasteiger partial charge on any atom is 0.307 e. The molecule has 6 nitrogen and oxygen atoms in total. The highest BCUT2D eigenvalue weighted by Gasteiger charge is 2.14. The Labute approximate surface area is 173 Å². The summed E-state index contributed by atoms with van der Waals surface area (Å²) >= 11 is 0. The zero-order valence-corrected chi connectivity index (χ0v) is 16.4. The lowest BCUT2D eigenvalue weighted by atomic mass is 10.2. The van der Waals surface area contributed by atoms with E-state index < -0.39 is 5.91 Å². The fraction of sp³-hybridized carbons (Fsp3) is 0.0833. The summed E-state index contributed by atoms with van der Waals surface area (Å²) in [6.07, 6.45) is 1.54. The minimum Gasteiger partial charge on any atom is -0.493 e. The first-order valence-corrected chi connectivity index (χ1v) is 9.40. The number of amides is 1. The topological polar surface area (TPSA) is 73.1 Å². The predicted molar refractivity (Wildman–Crippen MR) is 115 cm³/mol. The fourth-order valence-electron chi connectivity index (χ4n) is 2.98. The van der Waals surface area contributed by atoms with Crippen molar-refractivity contribution in [3.8, 4) is 11.5 Å². The summed E-state index contributed by atoms with van der Waals surface area (Å²) in [5.41, 5.74) is 4.83. The van der Waals surface area contributed by atoms with E-state index in [1.807, 2.05) is 66.7 Å². The number of benzene rings is 3. The maximum atomic E-state index is 12.4. The lowest BCUT2D eigenvalue weighted by Gasteiger charge is -2.08. The molecule has 4 rings (SSSR count). The van der Waals surface area contributed by atoms with E-state index in [-0.39, 0.29) is 5.76 Å². The minimum atomic E-state index is -0.452. The number of carbonyl (C=O) groups excluding carboxylic acids is 1. The number of nitrogens with zero attached hydrogens (tertiary/aromatic N) is 1. The molecular formula is C24H20N2O4. The Morgan fingerprint density at radius 2 is 1.77 bits per heavy atom. The molecule has 0 spiro atoms. The van der Waals surface area contributed by atoms with Gasteiger partial charge in [-0.1, -0.05) is 54.6 Å². The van der Waals surface area contributed by atoms with E-state index in [0.717, 1.165) is 16.5 Å². The summed E-state index contributed by atoms with van der Waals surface area (Å²) in [6.45, 7) is 0.443. The Morgan fingerprint density at radius 1 is 1.00 bits per heavy atom. The van der Waals surface area contributed by atoms with Gasteiger partial charge in [0.15, 0.2) is 17.1 Å². The summed E-state index contributed by atoms with van der Waals surface area (Å²) in [7, 11) is 1.55. The third kappa shape index (κ3) is 4.33. The minimum absolute atomic E-state index is 0.153. The predicted octanol–water partition coefficient (Wildman–Crippen LogP) is 4.78. The number of carbonyl (C=O) groups is 1. The smallest absolute Gasteiger partial charge is 0.307 e. The van der Waals surface area contributed by atoms with E-state index in [0.29, 0.717) is 23.7 Å². The first-order valence-electron chi connectivity index (χ1n) is 9.40. The Morgan fingerprint density at radius 3 is 2.60 bits per heavy atom. The van der Waals surface area contributed by atoms with Gasteiger partial charge >= 0.3 is 5.91 Å².